The summed E-state index contributed by atoms with van der Waals surface area (Å²) >= 11 is 3.21. The third-order valence-electron chi connectivity index (χ3n) is 23.6. The number of aromatic nitrogens is 8. The molecule has 0 saturated carbocycles. The lowest BCUT2D eigenvalue weighted by Crippen LogP contribution is -2.43. The van der Waals surface area contributed by atoms with Gasteiger partial charge in [-0.15, -0.1) is 30.6 Å². The van der Waals surface area contributed by atoms with Crippen molar-refractivity contribution >= 4 is 98.5 Å². The minimum Gasteiger partial charge on any atom is -0.481 e. The number of halogens is 13. The number of carbonyl (C=O) groups excluding carboxylic acids is 7. The first-order valence-electron chi connectivity index (χ1n) is 42.6. The van der Waals surface area contributed by atoms with Crippen LogP contribution in [0.2, 0.25) is 0 Å². The minimum absolute atomic E-state index is 0.0340. The molecule has 38 heteroatoms. The van der Waals surface area contributed by atoms with Crippen LogP contribution < -0.4 is 16.1 Å². The summed E-state index contributed by atoms with van der Waals surface area (Å²) in [4.78, 5) is 108. The van der Waals surface area contributed by atoms with E-state index in [2.05, 4.69) is 67.1 Å². The van der Waals surface area contributed by atoms with Crippen LogP contribution >= 0.6 is 15.9 Å². The van der Waals surface area contributed by atoms with Crippen molar-refractivity contribution in [3.05, 3.63) is 206 Å². The van der Waals surface area contributed by atoms with Gasteiger partial charge in [0.25, 0.3) is 0 Å². The number of aliphatic carboxylic acids is 1. The lowest BCUT2D eigenvalue weighted by molar-refractivity contribution is -0.163. The third kappa shape index (κ3) is 25.9. The second-order valence-corrected chi connectivity index (χ2v) is 34.5. The highest BCUT2D eigenvalue weighted by atomic mass is 79.9. The molecule has 1 fully saturated rings. The number of pyridine rings is 2. The zero-order chi connectivity index (χ0) is 96.9. The summed E-state index contributed by atoms with van der Waals surface area (Å²) in [6, 6.07) is 37.3. The van der Waals surface area contributed by atoms with Crippen molar-refractivity contribution in [3.63, 3.8) is 0 Å². The summed E-state index contributed by atoms with van der Waals surface area (Å²) in [6.45, 7) is 20.3. The van der Waals surface area contributed by atoms with Crippen molar-refractivity contribution in [2.45, 2.75) is 215 Å². The number of carboxylic acids is 1. The highest BCUT2D eigenvalue weighted by Crippen LogP contribution is 2.52. The number of anilines is 4. The molecule has 1 saturated heterocycles. The van der Waals surface area contributed by atoms with Crippen LogP contribution in [0.5, 0.6) is 0 Å². The molecule has 5 aromatic heterocycles. The molecule has 132 heavy (non-hydrogen) atoms. The number of carboxylic acid groups (broad SMARTS) is 1. The quantitative estimate of drug-likeness (QED) is 0.0232. The molecule has 4 aliphatic carbocycles. The number of aryl methyl sites for hydroxylation is 6. The highest BCUT2D eigenvalue weighted by molar-refractivity contribution is 9.10. The van der Waals surface area contributed by atoms with Gasteiger partial charge in [-0.25, -0.2) is 0 Å². The van der Waals surface area contributed by atoms with E-state index < -0.39 is 163 Å². The summed E-state index contributed by atoms with van der Waals surface area (Å²) in [5.74, 6) is -5.59. The second kappa shape index (κ2) is 42.0. The van der Waals surface area contributed by atoms with Crippen LogP contribution in [0.25, 0.3) is 33.8 Å². The highest BCUT2D eigenvalue weighted by Gasteiger charge is 2.57. The van der Waals surface area contributed by atoms with Gasteiger partial charge < -0.3 is 39.3 Å². The van der Waals surface area contributed by atoms with E-state index in [4.69, 9.17) is 23.5 Å². The molecule has 0 amide bonds. The molecular weight excluding hydrogens is 1810 g/mol. The lowest BCUT2D eigenvalue weighted by Gasteiger charge is -2.36. The smallest absolute Gasteiger partial charge is 0.481 e. The van der Waals surface area contributed by atoms with E-state index >= 15 is 0 Å². The molecular formula is C94H98BBrF12N10O14. The van der Waals surface area contributed by atoms with E-state index in [1.165, 1.54) is 24.3 Å². The van der Waals surface area contributed by atoms with Gasteiger partial charge in [0.1, 0.15) is 4.60 Å². The van der Waals surface area contributed by atoms with Gasteiger partial charge >= 0.3 is 55.7 Å². The number of ketones is 4. The monoisotopic (exact) mass is 1910 g/mol. The van der Waals surface area contributed by atoms with Gasteiger partial charge in [-0.3, -0.25) is 48.3 Å². The zero-order valence-electron chi connectivity index (χ0n) is 74.1. The average molecular weight is 1910 g/mol. The van der Waals surface area contributed by atoms with Crippen molar-refractivity contribution in [1.82, 2.24) is 40.6 Å². The Hall–Kier alpha value is -11.8. The van der Waals surface area contributed by atoms with Gasteiger partial charge in [0.2, 0.25) is 0 Å². The Morgan fingerprint density at radius 2 is 0.720 bits per heavy atom. The Morgan fingerprint density at radius 1 is 0.417 bits per heavy atom. The maximum atomic E-state index is 13.4. The molecule has 1 aliphatic heterocycles. The van der Waals surface area contributed by atoms with Crippen molar-refractivity contribution in [3.8, 4) is 33.8 Å². The number of ether oxygens (including phenoxy) is 3. The number of nitrogens with zero attached hydrogens (tertiary/aromatic N) is 8. The molecule has 24 nitrogen and oxygen atoms in total. The van der Waals surface area contributed by atoms with E-state index in [1.54, 1.807) is 118 Å². The Bertz CT molecular complexity index is 5660. The molecule has 0 bridgehead atoms. The van der Waals surface area contributed by atoms with Crippen LogP contribution in [0.15, 0.2) is 150 Å². The Labute approximate surface area is 762 Å². The number of hydrogen-bond acceptors (Lipinski definition) is 23. The van der Waals surface area contributed by atoms with Crippen LogP contribution in [-0.4, -0.2) is 156 Å². The molecule has 6 heterocycles. The number of esters is 3. The summed E-state index contributed by atoms with van der Waals surface area (Å²) in [7, 11) is -0.633. The number of Topliss-reactive ketones (excluding diaryl/α,β-unsaturated/α-hetero) is 4. The molecule has 9 aromatic rings. The SMILES string of the molecule is CC.CCOC(=O)CC1(CC(F)(F)F)CCc2cc(-c3ccc(Br)nn3)ccc2C1=O.CCOC(=O)CC1(CC(F)(F)F)CCc2cc(-c3ccc(Nc4ccc(C)nc4)nn3)ccc2C1=O.CCOC(=O)CC1(CC(F)(F)F)CCc2cc(B3OC(C)(C)C(C)(C)O3)ccc2C1=O.Cc1ccc(Nc2ccc(-c3ccc4c(c3)CCC(CC(=O)O)(CC(F)(F)F)C4=O)nn2)cn1. The molecule has 702 valence electrons. The number of nitrogens with one attached hydrogen (secondary N) is 2. The summed E-state index contributed by atoms with van der Waals surface area (Å²) < 4.78 is 187. The van der Waals surface area contributed by atoms with Gasteiger partial charge in [0, 0.05) is 50.3 Å². The normalized spacial score (nSPS) is 19.4. The molecule has 14 rings (SSSR count). The van der Waals surface area contributed by atoms with E-state index in [0.29, 0.717) is 77.7 Å². The summed E-state index contributed by atoms with van der Waals surface area (Å²) in [5, 5.41) is 40.1. The molecule has 4 unspecified atom stereocenters. The van der Waals surface area contributed by atoms with Crippen LogP contribution in [-0.2, 0) is 68.4 Å². The van der Waals surface area contributed by atoms with E-state index in [1.807, 2.05) is 79.7 Å². The summed E-state index contributed by atoms with van der Waals surface area (Å²) in [6.07, 6.45) is -22.8. The number of alkyl halides is 12. The van der Waals surface area contributed by atoms with Crippen molar-refractivity contribution in [2.24, 2.45) is 21.7 Å². The fourth-order valence-electron chi connectivity index (χ4n) is 16.6. The van der Waals surface area contributed by atoms with Crippen LogP contribution in [0, 0.1) is 35.5 Å². The molecule has 0 spiro atoms. The molecule has 4 aromatic carbocycles. The van der Waals surface area contributed by atoms with Gasteiger partial charge in [-0.2, -0.15) is 52.7 Å². The van der Waals surface area contributed by atoms with Crippen LogP contribution in [0.4, 0.5) is 75.7 Å². The zero-order valence-corrected chi connectivity index (χ0v) is 75.7. The fourth-order valence-corrected chi connectivity index (χ4v) is 16.9. The van der Waals surface area contributed by atoms with Gasteiger partial charge in [-0.1, -0.05) is 68.4 Å². The Kier molecular flexibility index (Phi) is 32.5. The maximum Gasteiger partial charge on any atom is 0.494 e. The first kappa shape index (κ1) is 102. The van der Waals surface area contributed by atoms with E-state index in [9.17, 15) is 96.1 Å². The van der Waals surface area contributed by atoms with E-state index in [-0.39, 0.29) is 93.4 Å². The van der Waals surface area contributed by atoms with Crippen LogP contribution in [0.1, 0.15) is 214 Å². The Balaban J connectivity index is 0.000000182. The first-order chi connectivity index (χ1) is 62.0. The minimum atomic E-state index is -4.65. The number of benzene rings is 4. The molecule has 0 radical (unpaired) electrons. The summed E-state index contributed by atoms with van der Waals surface area (Å²) in [5.41, 5.74) is 2.31. The Morgan fingerprint density at radius 3 is 0.992 bits per heavy atom. The van der Waals surface area contributed by atoms with Crippen molar-refractivity contribution in [1.29, 1.82) is 0 Å². The third-order valence-corrected chi connectivity index (χ3v) is 24.0. The largest absolute Gasteiger partial charge is 0.494 e. The molecule has 4 atom stereocenters. The molecule has 5 aliphatic rings. The number of rotatable bonds is 23. The predicted octanol–water partition coefficient (Wildman–Crippen LogP) is 20.7. The van der Waals surface area contributed by atoms with Gasteiger partial charge in [-0.05, 0) is 236 Å². The molecule has 3 N–H and O–H groups in total. The number of hydrogen-bond donors (Lipinski definition) is 3. The van der Waals surface area contributed by atoms with Crippen LogP contribution in [0.3, 0.4) is 0 Å². The van der Waals surface area contributed by atoms with Crippen molar-refractivity contribution < 1.29 is 120 Å². The standard InChI is InChI=1S/C26H25F3N4O3.C24H21F3N4O3.C22H28BF3O5.C20H18BrF3N2O3.C2H6/c1-3-36-23(34)13-25(15-26(27,28)29)11-10-17-12-18(5-7-20(17)24(25)35)21-8-9-22(33-32-21)31-19-6-4-16(2)30-14-19;1-14-2-4-17(12-28-14)29-20-7-6-19(30-31-20)16-3-5-18-15(10-16)8-9-23(22(18)34,11-21(32)33)13-24(25,26)27;1-6-29-17(27)12-21(13-22(24,25)26)10-9-14-11-15(7-8-16(14)18(21)28)23-30-19(2,3)20(4,5)31-23;1-2-29-17(27)10-19(11-20(22,23)24)8-7-12-9-13(3-4-14(12)18(19)28)15-5-6-16(21)26-25-15;1-2/h4-9,12,14H,3,10-11,13,15H2,1-2H3,(H,31,33);2-7,10,12H,8-9,11,13H2,1H3,(H,29,31)(H,32,33);7-8,11H,6,9-10,12-13H2,1-5H3;3-6,9H,2,7-8,10-11H2,1H3;1-2H3. The second-order valence-electron chi connectivity index (χ2n) is 33.7. The predicted molar refractivity (Wildman–Crippen MR) is 467 cm³/mol. The first-order valence-corrected chi connectivity index (χ1v) is 43.3. The average Bonchev–Trinajstić information content (AvgIpc) is 1.39. The lowest BCUT2D eigenvalue weighted by atomic mass is 9.65. The van der Waals surface area contributed by atoms with Crippen molar-refractivity contribution in [2.75, 3.05) is 30.5 Å². The van der Waals surface area contributed by atoms with Gasteiger partial charge in [0.05, 0.1) is 145 Å². The maximum absolute atomic E-state index is 13.4. The number of carbonyl (C=O) groups is 8. The number of fused-ring (bicyclic) bond motifs is 4. The topological polar surface area (TPSA) is 330 Å². The van der Waals surface area contributed by atoms with E-state index in [0.717, 1.165) is 22.8 Å². The fraction of sp³-hybridized carbons (Fsp3) is 0.426. The van der Waals surface area contributed by atoms with Gasteiger partial charge in [0.15, 0.2) is 34.8 Å².